The van der Waals surface area contributed by atoms with E-state index in [1.807, 2.05) is 18.9 Å². The van der Waals surface area contributed by atoms with Crippen molar-refractivity contribution in [1.29, 1.82) is 0 Å². The molecule has 0 aromatic heterocycles. The highest BCUT2D eigenvalue weighted by Gasteiger charge is 2.35. The Balaban J connectivity index is 3.35. The molecule has 0 spiro atoms. The molecule has 0 unspecified atom stereocenters. The van der Waals surface area contributed by atoms with Gasteiger partial charge < -0.3 is 4.90 Å². The first-order valence-electron chi connectivity index (χ1n) is 5.10. The number of hydrogen-bond donors (Lipinski definition) is 0. The van der Waals surface area contributed by atoms with Gasteiger partial charge in [-0.25, -0.2) is 0 Å². The minimum Gasteiger partial charge on any atom is -0.335 e. The number of carbonyl (C=O) groups excluding carboxylic acids is 1. The lowest BCUT2D eigenvalue weighted by Gasteiger charge is -2.40. The average Bonchev–Trinajstić information content (AvgIpc) is 2.09. The Hall–Kier alpha value is -1.25. The van der Waals surface area contributed by atoms with E-state index in [4.69, 9.17) is 0 Å². The summed E-state index contributed by atoms with van der Waals surface area (Å²) in [6, 6.07) is 0. The Labute approximate surface area is 92.0 Å². The van der Waals surface area contributed by atoms with Crippen molar-refractivity contribution in [3.8, 4) is 0 Å². The van der Waals surface area contributed by atoms with Gasteiger partial charge in [-0.05, 0) is 12.3 Å². The third-order valence-corrected chi connectivity index (χ3v) is 2.91. The van der Waals surface area contributed by atoms with Crippen LogP contribution in [0, 0.1) is 5.41 Å². The fourth-order valence-electron chi connectivity index (χ4n) is 1.89. The summed E-state index contributed by atoms with van der Waals surface area (Å²) in [7, 11) is 3.70. The Morgan fingerprint density at radius 2 is 1.60 bits per heavy atom. The van der Waals surface area contributed by atoms with Crippen molar-refractivity contribution in [1.82, 2.24) is 9.80 Å². The second-order valence-corrected chi connectivity index (χ2v) is 5.05. The lowest BCUT2D eigenvalue weighted by molar-refractivity contribution is -0.127. The van der Waals surface area contributed by atoms with Crippen LogP contribution in [0.5, 0.6) is 0 Å². The first-order chi connectivity index (χ1) is 6.68. The molecule has 0 fully saturated rings. The number of nitrogens with zero attached hydrogens (tertiary/aromatic N) is 2. The Morgan fingerprint density at radius 3 is 2.00 bits per heavy atom. The molecular weight excluding hydrogens is 188 g/mol. The van der Waals surface area contributed by atoms with Crippen LogP contribution in [0.1, 0.15) is 27.7 Å². The van der Waals surface area contributed by atoms with Crippen LogP contribution in [0.25, 0.3) is 0 Å². The summed E-state index contributed by atoms with van der Waals surface area (Å²) in [6.45, 7) is 12.0. The Kier molecular flexibility index (Phi) is 2.68. The van der Waals surface area contributed by atoms with Gasteiger partial charge in [0.1, 0.15) is 5.82 Å². The van der Waals surface area contributed by atoms with Gasteiger partial charge in [-0.3, -0.25) is 9.69 Å². The van der Waals surface area contributed by atoms with Gasteiger partial charge in [-0.1, -0.05) is 27.4 Å². The van der Waals surface area contributed by atoms with Gasteiger partial charge >= 0.3 is 0 Å². The van der Waals surface area contributed by atoms with Crippen molar-refractivity contribution in [3.05, 3.63) is 23.7 Å². The standard InChI is InChI=1S/C12H20N2O/c1-8-10(12(3,4)5)11(15)14(7)9(2)13(8)6/h2H2,1,3-7H3. The zero-order valence-corrected chi connectivity index (χ0v) is 10.5. The Bertz CT molecular complexity index is 347. The molecule has 1 amide bonds. The molecule has 0 N–H and O–H groups in total. The zero-order valence-electron chi connectivity index (χ0n) is 10.5. The average molecular weight is 208 g/mol. The van der Waals surface area contributed by atoms with E-state index < -0.39 is 0 Å². The van der Waals surface area contributed by atoms with E-state index in [1.54, 1.807) is 11.9 Å². The summed E-state index contributed by atoms with van der Waals surface area (Å²) >= 11 is 0. The van der Waals surface area contributed by atoms with Gasteiger partial charge in [0.25, 0.3) is 5.91 Å². The van der Waals surface area contributed by atoms with E-state index in [-0.39, 0.29) is 11.3 Å². The lowest BCUT2D eigenvalue weighted by atomic mass is 9.83. The fourth-order valence-corrected chi connectivity index (χ4v) is 1.89. The summed E-state index contributed by atoms with van der Waals surface area (Å²) in [4.78, 5) is 15.7. The van der Waals surface area contributed by atoms with E-state index in [0.717, 1.165) is 17.1 Å². The van der Waals surface area contributed by atoms with Gasteiger partial charge in [0.2, 0.25) is 0 Å². The van der Waals surface area contributed by atoms with Crippen LogP contribution in [0.2, 0.25) is 0 Å². The van der Waals surface area contributed by atoms with Crippen LogP contribution in [0.4, 0.5) is 0 Å². The van der Waals surface area contributed by atoms with Crippen molar-refractivity contribution in [2.24, 2.45) is 5.41 Å². The summed E-state index contributed by atoms with van der Waals surface area (Å²) in [5.41, 5.74) is 1.72. The molecule has 1 rings (SSSR count). The summed E-state index contributed by atoms with van der Waals surface area (Å²) in [5.74, 6) is 0.786. The molecular formula is C12H20N2O. The second kappa shape index (κ2) is 3.40. The van der Waals surface area contributed by atoms with E-state index in [1.165, 1.54) is 0 Å². The first-order valence-corrected chi connectivity index (χ1v) is 5.10. The molecule has 0 saturated heterocycles. The van der Waals surface area contributed by atoms with Crippen LogP contribution < -0.4 is 0 Å². The third kappa shape index (κ3) is 1.78. The van der Waals surface area contributed by atoms with Crippen LogP contribution in [0.15, 0.2) is 23.7 Å². The zero-order chi connectivity index (χ0) is 12.0. The van der Waals surface area contributed by atoms with Crippen molar-refractivity contribution in [3.63, 3.8) is 0 Å². The van der Waals surface area contributed by atoms with Crippen molar-refractivity contribution in [2.75, 3.05) is 14.1 Å². The molecule has 15 heavy (non-hydrogen) atoms. The highest BCUT2D eigenvalue weighted by molar-refractivity contribution is 5.97. The molecule has 1 aliphatic heterocycles. The van der Waals surface area contributed by atoms with E-state index in [2.05, 4.69) is 27.4 Å². The normalized spacial score (nSPS) is 19.1. The van der Waals surface area contributed by atoms with Crippen molar-refractivity contribution >= 4 is 5.91 Å². The quantitative estimate of drug-likeness (QED) is 0.609. The third-order valence-electron chi connectivity index (χ3n) is 2.91. The molecule has 1 heterocycles. The number of carbonyl (C=O) groups is 1. The van der Waals surface area contributed by atoms with Crippen LogP contribution >= 0.6 is 0 Å². The number of amides is 1. The molecule has 3 nitrogen and oxygen atoms in total. The maximum atomic E-state index is 12.1. The maximum Gasteiger partial charge on any atom is 0.257 e. The molecule has 1 aliphatic rings. The summed E-state index contributed by atoms with van der Waals surface area (Å²) in [5, 5.41) is 0. The van der Waals surface area contributed by atoms with Crippen LogP contribution in [0.3, 0.4) is 0 Å². The summed E-state index contributed by atoms with van der Waals surface area (Å²) < 4.78 is 0. The van der Waals surface area contributed by atoms with Crippen molar-refractivity contribution < 1.29 is 4.79 Å². The first kappa shape index (κ1) is 11.8. The number of allylic oxidation sites excluding steroid dienone is 1. The molecule has 0 saturated carbocycles. The molecule has 0 radical (unpaired) electrons. The van der Waals surface area contributed by atoms with Crippen LogP contribution in [-0.4, -0.2) is 29.8 Å². The highest BCUT2D eigenvalue weighted by Crippen LogP contribution is 2.35. The van der Waals surface area contributed by atoms with Crippen LogP contribution in [-0.2, 0) is 4.79 Å². The number of hydrogen-bond acceptors (Lipinski definition) is 2. The molecule has 3 heteroatoms. The smallest absolute Gasteiger partial charge is 0.257 e. The topological polar surface area (TPSA) is 23.6 Å². The predicted molar refractivity (Wildman–Crippen MR) is 61.8 cm³/mol. The number of likely N-dealkylation sites (N-methyl/N-ethyl adjacent to an activating group) is 1. The van der Waals surface area contributed by atoms with E-state index in [0.29, 0.717) is 0 Å². The van der Waals surface area contributed by atoms with Crippen molar-refractivity contribution in [2.45, 2.75) is 27.7 Å². The van der Waals surface area contributed by atoms with Gasteiger partial charge in [-0.2, -0.15) is 0 Å². The minimum absolute atomic E-state index is 0.0584. The molecule has 0 aromatic rings. The molecule has 0 bridgehead atoms. The maximum absolute atomic E-state index is 12.1. The van der Waals surface area contributed by atoms with Gasteiger partial charge in [0.05, 0.1) is 0 Å². The minimum atomic E-state index is -0.135. The predicted octanol–water partition coefficient (Wildman–Crippen LogP) is 2.18. The molecule has 0 aliphatic carbocycles. The SMILES string of the molecule is C=C1N(C)C(=O)C(C(C)(C)C)=C(C)N1C. The largest absolute Gasteiger partial charge is 0.335 e. The van der Waals surface area contributed by atoms with Gasteiger partial charge in [0, 0.05) is 25.4 Å². The Morgan fingerprint density at radius 1 is 1.13 bits per heavy atom. The second-order valence-electron chi connectivity index (χ2n) is 5.05. The molecule has 84 valence electrons. The monoisotopic (exact) mass is 208 g/mol. The molecule has 0 atom stereocenters. The fraction of sp³-hybridized carbons (Fsp3) is 0.583. The van der Waals surface area contributed by atoms with E-state index in [9.17, 15) is 4.79 Å². The number of rotatable bonds is 0. The van der Waals surface area contributed by atoms with E-state index >= 15 is 0 Å². The summed E-state index contributed by atoms with van der Waals surface area (Å²) in [6.07, 6.45) is 0. The molecule has 0 aromatic carbocycles. The lowest BCUT2D eigenvalue weighted by Crippen LogP contribution is -2.43. The van der Waals surface area contributed by atoms with Gasteiger partial charge in [0.15, 0.2) is 0 Å². The highest BCUT2D eigenvalue weighted by atomic mass is 16.2. The van der Waals surface area contributed by atoms with Gasteiger partial charge in [-0.15, -0.1) is 0 Å².